The van der Waals surface area contributed by atoms with Crippen LogP contribution in [0.4, 0.5) is 5.95 Å². The molecule has 5 aliphatic rings. The molecule has 202 valence electrons. The molecule has 0 spiro atoms. The van der Waals surface area contributed by atoms with Gasteiger partial charge in [0.2, 0.25) is 5.95 Å². The molecule has 1 unspecified atom stereocenters. The predicted octanol–water partition coefficient (Wildman–Crippen LogP) is 7.20. The first-order valence-electron chi connectivity index (χ1n) is 14.9. The summed E-state index contributed by atoms with van der Waals surface area (Å²) in [5.41, 5.74) is 2.52. The number of aliphatic hydroxyl groups excluding tert-OH is 1. The van der Waals surface area contributed by atoms with Gasteiger partial charge in [-0.05, 0) is 68.3 Å². The second kappa shape index (κ2) is 10.3. The number of anilines is 1. The van der Waals surface area contributed by atoms with Crippen molar-refractivity contribution in [3.05, 3.63) is 52.9 Å². The Labute approximate surface area is 225 Å². The lowest BCUT2D eigenvalue weighted by atomic mass is 9.49. The zero-order chi connectivity index (χ0) is 26.3. The molecule has 0 saturated heterocycles. The maximum Gasteiger partial charge on any atom is 0.265 e. The number of rotatable bonds is 10. The number of carbonyl (C=O) groups excluding carboxylic acids is 2. The molecule has 4 bridgehead atoms. The smallest absolute Gasteiger partial charge is 0.265 e. The summed E-state index contributed by atoms with van der Waals surface area (Å²) in [4.78, 5) is 35.0. The van der Waals surface area contributed by atoms with Gasteiger partial charge in [-0.1, -0.05) is 69.7 Å². The minimum absolute atomic E-state index is 0.146. The fourth-order valence-corrected chi connectivity index (χ4v) is 8.48. The van der Waals surface area contributed by atoms with E-state index in [-0.39, 0.29) is 22.5 Å². The molecule has 5 aliphatic carbocycles. The lowest BCUT2D eigenvalue weighted by molar-refractivity contribution is -0.121. The Balaban J connectivity index is 1.18. The first-order chi connectivity index (χ1) is 18.5. The highest BCUT2D eigenvalue weighted by atomic mass is 16.3. The lowest BCUT2D eigenvalue weighted by Gasteiger charge is -2.56. The van der Waals surface area contributed by atoms with Crippen LogP contribution < -0.4 is 5.32 Å². The largest absolute Gasteiger partial charge is 0.506 e. The van der Waals surface area contributed by atoms with Gasteiger partial charge >= 0.3 is 0 Å². The summed E-state index contributed by atoms with van der Waals surface area (Å²) < 4.78 is 0. The molecular formula is C32H41N3O3. The summed E-state index contributed by atoms with van der Waals surface area (Å²) in [6.45, 7) is 2.20. The number of amides is 1. The normalized spacial score (nSPS) is 29.6. The quantitative estimate of drug-likeness (QED) is 0.230. The Bertz CT molecular complexity index is 1210. The van der Waals surface area contributed by atoms with Crippen LogP contribution in [0.1, 0.15) is 113 Å². The zero-order valence-electron chi connectivity index (χ0n) is 22.6. The van der Waals surface area contributed by atoms with Crippen molar-refractivity contribution in [2.45, 2.75) is 102 Å². The van der Waals surface area contributed by atoms with Crippen molar-refractivity contribution in [2.24, 2.45) is 17.8 Å². The number of H-pyrrole nitrogens is 1. The number of nitrogens with one attached hydrogen (secondary N) is 2. The predicted molar refractivity (Wildman–Crippen MR) is 149 cm³/mol. The van der Waals surface area contributed by atoms with Crippen LogP contribution in [0.25, 0.3) is 5.76 Å². The molecule has 4 saturated carbocycles. The molecule has 2 aromatic rings. The van der Waals surface area contributed by atoms with Gasteiger partial charge in [0.05, 0.1) is 6.20 Å². The average molecular weight is 516 g/mol. The lowest BCUT2D eigenvalue weighted by Crippen LogP contribution is -2.48. The third-order valence-corrected chi connectivity index (χ3v) is 9.88. The van der Waals surface area contributed by atoms with Gasteiger partial charge in [0.25, 0.3) is 5.91 Å². The van der Waals surface area contributed by atoms with E-state index in [2.05, 4.69) is 22.2 Å². The number of aromatic nitrogens is 2. The molecule has 0 radical (unpaired) electrons. The second-order valence-corrected chi connectivity index (χ2v) is 12.6. The molecule has 1 atom stereocenters. The minimum atomic E-state index is -0.582. The molecule has 7 rings (SSSR count). The Morgan fingerprint density at radius 1 is 1.03 bits per heavy atom. The van der Waals surface area contributed by atoms with E-state index >= 15 is 0 Å². The highest BCUT2D eigenvalue weighted by Crippen LogP contribution is 2.60. The SMILES string of the molecule is CCCCCCCCC1C(=O)C(C(=O)Nc2ncc(C34CC5CC(CC(C5)C3)C4)[nH]2)=C(O)c2ccccc21. The summed E-state index contributed by atoms with van der Waals surface area (Å²) in [5, 5.41) is 13.9. The van der Waals surface area contributed by atoms with Crippen molar-refractivity contribution in [1.82, 2.24) is 9.97 Å². The van der Waals surface area contributed by atoms with Gasteiger partial charge in [0.15, 0.2) is 5.78 Å². The fraction of sp³-hybridized carbons (Fsp3) is 0.594. The summed E-state index contributed by atoms with van der Waals surface area (Å²) in [7, 11) is 0. The van der Waals surface area contributed by atoms with E-state index in [1.807, 2.05) is 24.4 Å². The van der Waals surface area contributed by atoms with Gasteiger partial charge in [-0.15, -0.1) is 0 Å². The second-order valence-electron chi connectivity index (χ2n) is 12.6. The van der Waals surface area contributed by atoms with E-state index in [9.17, 15) is 14.7 Å². The van der Waals surface area contributed by atoms with Crippen LogP contribution in [-0.4, -0.2) is 26.8 Å². The van der Waals surface area contributed by atoms with E-state index in [1.165, 1.54) is 57.8 Å². The number of nitrogens with zero attached hydrogens (tertiary/aromatic N) is 1. The van der Waals surface area contributed by atoms with Crippen LogP contribution >= 0.6 is 0 Å². The molecule has 6 nitrogen and oxygen atoms in total. The first-order valence-corrected chi connectivity index (χ1v) is 14.9. The molecular weight excluding hydrogens is 474 g/mol. The van der Waals surface area contributed by atoms with Crippen molar-refractivity contribution in [2.75, 3.05) is 5.32 Å². The molecule has 1 amide bonds. The maximum atomic E-state index is 13.6. The molecule has 38 heavy (non-hydrogen) atoms. The summed E-state index contributed by atoms with van der Waals surface area (Å²) in [5.74, 6) is 1.29. The highest BCUT2D eigenvalue weighted by Gasteiger charge is 2.52. The number of aromatic amines is 1. The Morgan fingerprint density at radius 3 is 2.39 bits per heavy atom. The molecule has 4 fully saturated rings. The van der Waals surface area contributed by atoms with E-state index < -0.39 is 11.8 Å². The zero-order valence-corrected chi connectivity index (χ0v) is 22.6. The van der Waals surface area contributed by atoms with Gasteiger partial charge in [-0.25, -0.2) is 4.98 Å². The van der Waals surface area contributed by atoms with Gasteiger partial charge in [-0.2, -0.15) is 0 Å². The number of imidazole rings is 1. The molecule has 0 aliphatic heterocycles. The summed E-state index contributed by atoms with van der Waals surface area (Å²) in [6, 6.07) is 7.45. The third kappa shape index (κ3) is 4.60. The first kappa shape index (κ1) is 25.4. The molecule has 6 heteroatoms. The molecule has 1 aromatic carbocycles. The van der Waals surface area contributed by atoms with E-state index in [1.54, 1.807) is 6.07 Å². The molecule has 3 N–H and O–H groups in total. The van der Waals surface area contributed by atoms with Crippen LogP contribution in [0, 0.1) is 17.8 Å². The van der Waals surface area contributed by atoms with E-state index in [0.717, 1.165) is 48.3 Å². The number of ketones is 1. The van der Waals surface area contributed by atoms with Gasteiger partial charge < -0.3 is 10.1 Å². The average Bonchev–Trinajstić information content (AvgIpc) is 3.36. The number of carbonyl (C=O) groups is 2. The van der Waals surface area contributed by atoms with Gasteiger partial charge in [0, 0.05) is 22.6 Å². The number of unbranched alkanes of at least 4 members (excludes halogenated alkanes) is 5. The molecule has 1 aromatic heterocycles. The number of Topliss-reactive ketones (excluding diaryl/α,β-unsaturated/α-hetero) is 1. The van der Waals surface area contributed by atoms with Crippen molar-refractivity contribution in [3.63, 3.8) is 0 Å². The highest BCUT2D eigenvalue weighted by molar-refractivity contribution is 6.30. The Morgan fingerprint density at radius 2 is 1.68 bits per heavy atom. The summed E-state index contributed by atoms with van der Waals surface area (Å²) >= 11 is 0. The van der Waals surface area contributed by atoms with Crippen molar-refractivity contribution < 1.29 is 14.7 Å². The summed E-state index contributed by atoms with van der Waals surface area (Å²) in [6.07, 6.45) is 17.1. The topological polar surface area (TPSA) is 95.1 Å². The van der Waals surface area contributed by atoms with Crippen molar-refractivity contribution in [1.29, 1.82) is 0 Å². The van der Waals surface area contributed by atoms with Crippen molar-refractivity contribution >= 4 is 23.4 Å². The van der Waals surface area contributed by atoms with Crippen LogP contribution in [0.15, 0.2) is 36.0 Å². The number of hydrogen-bond acceptors (Lipinski definition) is 4. The minimum Gasteiger partial charge on any atom is -0.506 e. The van der Waals surface area contributed by atoms with E-state index in [0.29, 0.717) is 17.9 Å². The van der Waals surface area contributed by atoms with Crippen LogP contribution in [0.3, 0.4) is 0 Å². The number of fused-ring (bicyclic) bond motifs is 1. The Kier molecular flexibility index (Phi) is 6.92. The number of benzene rings is 1. The van der Waals surface area contributed by atoms with E-state index in [4.69, 9.17) is 0 Å². The van der Waals surface area contributed by atoms with Crippen LogP contribution in [0.5, 0.6) is 0 Å². The van der Waals surface area contributed by atoms with Crippen LogP contribution in [-0.2, 0) is 15.0 Å². The maximum absolute atomic E-state index is 13.6. The standard InChI is InChI=1S/C32H41N3O3/c1-2-3-4-5-6-7-11-24-23-10-8-9-12-25(23)29(37)27(28(24)36)30(38)35-31-33-19-26(34-31)32-16-20-13-21(17-32)15-22(14-20)18-32/h8-10,12,19-22,24,37H,2-7,11,13-18H2,1H3,(H2,33,34,35,38). The number of aliphatic hydroxyl groups is 1. The van der Waals surface area contributed by atoms with Crippen molar-refractivity contribution in [3.8, 4) is 0 Å². The number of hydrogen-bond donors (Lipinski definition) is 3. The fourth-order valence-electron chi connectivity index (χ4n) is 8.48. The monoisotopic (exact) mass is 515 g/mol. The Hall–Kier alpha value is -2.89. The molecule has 1 heterocycles. The van der Waals surface area contributed by atoms with Crippen LogP contribution in [0.2, 0.25) is 0 Å². The van der Waals surface area contributed by atoms with Gasteiger partial charge in [-0.3, -0.25) is 14.9 Å². The van der Waals surface area contributed by atoms with Gasteiger partial charge in [0.1, 0.15) is 11.3 Å². The third-order valence-electron chi connectivity index (χ3n) is 9.88.